The molecule has 1 saturated carbocycles. The molecule has 0 aromatic rings. The van der Waals surface area contributed by atoms with Crippen molar-refractivity contribution in [1.29, 1.82) is 0 Å². The van der Waals surface area contributed by atoms with Gasteiger partial charge in [0.2, 0.25) is 0 Å². The Morgan fingerprint density at radius 2 is 1.63 bits per heavy atom. The fourth-order valence-corrected chi connectivity index (χ4v) is 3.91. The molecule has 0 spiro atoms. The number of likely N-dealkylation sites (tertiary alicyclic amines) is 1. The molecule has 2 rings (SSSR count). The summed E-state index contributed by atoms with van der Waals surface area (Å²) in [6.45, 7) is 11.0. The number of hydrogen-bond donors (Lipinski definition) is 1. The van der Waals surface area contributed by atoms with Crippen molar-refractivity contribution in [3.63, 3.8) is 0 Å². The lowest BCUT2D eigenvalue weighted by Gasteiger charge is -2.40. The van der Waals surface area contributed by atoms with Gasteiger partial charge in [-0.3, -0.25) is 0 Å². The maximum absolute atomic E-state index is 6.55. The third kappa shape index (κ3) is 4.46. The maximum atomic E-state index is 6.55. The van der Waals surface area contributed by atoms with Gasteiger partial charge in [-0.2, -0.15) is 0 Å². The molecule has 0 aromatic carbocycles. The zero-order chi connectivity index (χ0) is 13.9. The highest BCUT2D eigenvalue weighted by Crippen LogP contribution is 2.35. The molecule has 2 N–H and O–H groups in total. The zero-order valence-electron chi connectivity index (χ0n) is 13.4. The van der Waals surface area contributed by atoms with Crippen LogP contribution in [0.4, 0.5) is 0 Å². The fourth-order valence-electron chi connectivity index (χ4n) is 3.91. The molecule has 0 amide bonds. The minimum absolute atomic E-state index is 0.166. The Labute approximate surface area is 120 Å². The molecular weight excluding hydrogens is 232 g/mol. The highest BCUT2D eigenvalue weighted by Gasteiger charge is 2.31. The lowest BCUT2D eigenvalue weighted by molar-refractivity contribution is 0.103. The van der Waals surface area contributed by atoms with Gasteiger partial charge >= 0.3 is 0 Å². The second-order valence-electron chi connectivity index (χ2n) is 8.15. The van der Waals surface area contributed by atoms with E-state index in [0.29, 0.717) is 5.41 Å². The molecule has 1 saturated heterocycles. The highest BCUT2D eigenvalue weighted by atomic mass is 15.1. The van der Waals surface area contributed by atoms with E-state index in [1.54, 1.807) is 0 Å². The largest absolute Gasteiger partial charge is 0.325 e. The molecule has 2 aliphatic rings. The first-order valence-corrected chi connectivity index (χ1v) is 8.40. The van der Waals surface area contributed by atoms with Crippen LogP contribution in [0.25, 0.3) is 0 Å². The van der Waals surface area contributed by atoms with Crippen LogP contribution in [-0.2, 0) is 0 Å². The van der Waals surface area contributed by atoms with Crippen molar-refractivity contribution < 1.29 is 0 Å². The van der Waals surface area contributed by atoms with Crippen molar-refractivity contribution in [2.45, 2.75) is 77.7 Å². The molecule has 1 heterocycles. The van der Waals surface area contributed by atoms with Crippen molar-refractivity contribution in [3.05, 3.63) is 0 Å². The SMILES string of the molecule is CC(C)(C)C1CCN(CCC2(N)CCCCC2)CC1. The normalized spacial score (nSPS) is 26.5. The first-order valence-electron chi connectivity index (χ1n) is 8.40. The minimum atomic E-state index is 0.166. The molecule has 2 nitrogen and oxygen atoms in total. The summed E-state index contributed by atoms with van der Waals surface area (Å²) in [6.07, 6.45) is 10.6. The molecule has 2 heteroatoms. The van der Waals surface area contributed by atoms with E-state index in [0.717, 1.165) is 5.92 Å². The van der Waals surface area contributed by atoms with Gasteiger partial charge in [-0.15, -0.1) is 0 Å². The number of rotatable bonds is 3. The van der Waals surface area contributed by atoms with E-state index in [1.165, 1.54) is 71.0 Å². The summed E-state index contributed by atoms with van der Waals surface area (Å²) in [7, 11) is 0. The summed E-state index contributed by atoms with van der Waals surface area (Å²) in [5, 5.41) is 0. The van der Waals surface area contributed by atoms with Crippen molar-refractivity contribution in [1.82, 2.24) is 4.90 Å². The van der Waals surface area contributed by atoms with Crippen LogP contribution in [0.3, 0.4) is 0 Å². The van der Waals surface area contributed by atoms with E-state index in [-0.39, 0.29) is 5.54 Å². The summed E-state index contributed by atoms with van der Waals surface area (Å²) in [6, 6.07) is 0. The summed E-state index contributed by atoms with van der Waals surface area (Å²) >= 11 is 0. The second-order valence-corrected chi connectivity index (χ2v) is 8.15. The molecule has 0 atom stereocenters. The predicted octanol–water partition coefficient (Wildman–Crippen LogP) is 3.80. The Balaban J connectivity index is 1.71. The number of nitrogens with zero attached hydrogens (tertiary/aromatic N) is 1. The Morgan fingerprint density at radius 3 is 2.16 bits per heavy atom. The number of nitrogens with two attached hydrogens (primary N) is 1. The van der Waals surface area contributed by atoms with Crippen molar-refractivity contribution >= 4 is 0 Å². The molecule has 1 aliphatic heterocycles. The summed E-state index contributed by atoms with van der Waals surface area (Å²) < 4.78 is 0. The molecule has 112 valence electrons. The standard InChI is InChI=1S/C17H34N2/c1-16(2,3)15-7-12-19(13-8-15)14-11-17(18)9-5-4-6-10-17/h15H,4-14,18H2,1-3H3. The van der Waals surface area contributed by atoms with Crippen LogP contribution in [0.5, 0.6) is 0 Å². The third-order valence-corrected chi connectivity index (χ3v) is 5.59. The number of hydrogen-bond acceptors (Lipinski definition) is 2. The molecule has 0 aromatic heterocycles. The fraction of sp³-hybridized carbons (Fsp3) is 1.00. The van der Waals surface area contributed by atoms with E-state index in [4.69, 9.17) is 5.73 Å². The van der Waals surface area contributed by atoms with Crippen molar-refractivity contribution in [3.8, 4) is 0 Å². The topological polar surface area (TPSA) is 29.3 Å². The van der Waals surface area contributed by atoms with Crippen LogP contribution in [0.1, 0.15) is 72.1 Å². The zero-order valence-corrected chi connectivity index (χ0v) is 13.4. The van der Waals surface area contributed by atoms with Gasteiger partial charge in [-0.25, -0.2) is 0 Å². The molecule has 0 bridgehead atoms. The lowest BCUT2D eigenvalue weighted by atomic mass is 9.75. The van der Waals surface area contributed by atoms with Crippen LogP contribution >= 0.6 is 0 Å². The van der Waals surface area contributed by atoms with Gasteiger partial charge in [0.1, 0.15) is 0 Å². The van der Waals surface area contributed by atoms with E-state index >= 15 is 0 Å². The molecule has 0 unspecified atom stereocenters. The molecule has 2 fully saturated rings. The first-order chi connectivity index (χ1) is 8.89. The Bertz CT molecular complexity index is 265. The van der Waals surface area contributed by atoms with Crippen LogP contribution in [0, 0.1) is 11.3 Å². The van der Waals surface area contributed by atoms with E-state index in [9.17, 15) is 0 Å². The van der Waals surface area contributed by atoms with Gasteiger partial charge in [-0.05, 0) is 63.1 Å². The van der Waals surface area contributed by atoms with Gasteiger partial charge in [0.15, 0.2) is 0 Å². The predicted molar refractivity (Wildman–Crippen MR) is 83.2 cm³/mol. The monoisotopic (exact) mass is 266 g/mol. The van der Waals surface area contributed by atoms with Crippen LogP contribution in [0.2, 0.25) is 0 Å². The lowest BCUT2D eigenvalue weighted by Crippen LogP contribution is -2.46. The second kappa shape index (κ2) is 6.13. The summed E-state index contributed by atoms with van der Waals surface area (Å²) in [5.74, 6) is 0.908. The van der Waals surface area contributed by atoms with Gasteiger partial charge in [0, 0.05) is 5.54 Å². The van der Waals surface area contributed by atoms with Crippen LogP contribution < -0.4 is 5.73 Å². The van der Waals surface area contributed by atoms with Crippen LogP contribution in [-0.4, -0.2) is 30.1 Å². The van der Waals surface area contributed by atoms with E-state index in [2.05, 4.69) is 25.7 Å². The van der Waals surface area contributed by atoms with Gasteiger partial charge in [0.25, 0.3) is 0 Å². The Hall–Kier alpha value is -0.0800. The Kier molecular flexibility index (Phi) is 4.94. The third-order valence-electron chi connectivity index (χ3n) is 5.59. The molecule has 1 aliphatic carbocycles. The summed E-state index contributed by atoms with van der Waals surface area (Å²) in [4.78, 5) is 2.66. The van der Waals surface area contributed by atoms with Crippen molar-refractivity contribution in [2.75, 3.05) is 19.6 Å². The quantitative estimate of drug-likeness (QED) is 0.842. The maximum Gasteiger partial charge on any atom is 0.0166 e. The van der Waals surface area contributed by atoms with Crippen LogP contribution in [0.15, 0.2) is 0 Å². The highest BCUT2D eigenvalue weighted by molar-refractivity contribution is 4.89. The van der Waals surface area contributed by atoms with Gasteiger partial charge in [-0.1, -0.05) is 40.0 Å². The average molecular weight is 266 g/mol. The van der Waals surface area contributed by atoms with Gasteiger partial charge < -0.3 is 10.6 Å². The molecular formula is C17H34N2. The summed E-state index contributed by atoms with van der Waals surface area (Å²) in [5.41, 5.74) is 7.20. The molecule has 0 radical (unpaired) electrons. The number of piperidine rings is 1. The van der Waals surface area contributed by atoms with E-state index in [1.807, 2.05) is 0 Å². The first kappa shape index (κ1) is 15.3. The smallest absolute Gasteiger partial charge is 0.0166 e. The van der Waals surface area contributed by atoms with E-state index < -0.39 is 0 Å². The van der Waals surface area contributed by atoms with Crippen molar-refractivity contribution in [2.24, 2.45) is 17.1 Å². The average Bonchev–Trinajstić information content (AvgIpc) is 2.37. The van der Waals surface area contributed by atoms with Gasteiger partial charge in [0.05, 0.1) is 0 Å². The molecule has 19 heavy (non-hydrogen) atoms. The minimum Gasteiger partial charge on any atom is -0.325 e. The Morgan fingerprint density at radius 1 is 1.05 bits per heavy atom.